The highest BCUT2D eigenvalue weighted by Crippen LogP contribution is 2.22. The summed E-state index contributed by atoms with van der Waals surface area (Å²) in [6.07, 6.45) is 4.39. The van der Waals surface area contributed by atoms with E-state index in [0.29, 0.717) is 5.92 Å². The second-order valence-corrected chi connectivity index (χ2v) is 8.86. The zero-order chi connectivity index (χ0) is 18.8. The number of nitrogens with one attached hydrogen (secondary N) is 2. The first kappa shape index (κ1) is 21.3. The molecule has 3 heterocycles. The number of hydrogen-bond acceptors (Lipinski definition) is 5. The molecule has 154 valence electrons. The Hall–Kier alpha value is -1.41. The molecule has 1 aromatic heterocycles. The number of aromatic nitrogens is 1. The van der Waals surface area contributed by atoms with Crippen LogP contribution in [0.2, 0.25) is 0 Å². The summed E-state index contributed by atoms with van der Waals surface area (Å²) < 4.78 is 2.77. The number of thiazole rings is 1. The maximum Gasteiger partial charge on any atom is 0.307 e. The van der Waals surface area contributed by atoms with Crippen molar-refractivity contribution in [2.45, 2.75) is 38.3 Å². The molecule has 0 radical (unpaired) electrons. The van der Waals surface area contributed by atoms with Crippen LogP contribution in [0.3, 0.4) is 0 Å². The molecular weight excluding hydrogens is 396 g/mol. The highest BCUT2D eigenvalue weighted by Gasteiger charge is 2.24. The van der Waals surface area contributed by atoms with Crippen LogP contribution in [0.1, 0.15) is 31.2 Å². The Morgan fingerprint density at radius 2 is 2.18 bits per heavy atom. The fourth-order valence-electron chi connectivity index (χ4n) is 4.27. The minimum Gasteiger partial charge on any atom is -0.354 e. The lowest BCUT2D eigenvalue weighted by molar-refractivity contribution is -0.123. The molecule has 1 amide bonds. The molecule has 0 saturated carbocycles. The summed E-state index contributed by atoms with van der Waals surface area (Å²) in [5, 5.41) is 6.41. The molecule has 0 spiro atoms. The molecule has 4 rings (SSSR count). The van der Waals surface area contributed by atoms with Crippen LogP contribution < -0.4 is 15.5 Å². The van der Waals surface area contributed by atoms with Crippen molar-refractivity contribution in [1.29, 1.82) is 0 Å². The second-order valence-electron chi connectivity index (χ2n) is 7.87. The molecule has 2 atom stereocenters. The number of likely N-dealkylation sites (tertiary alicyclic amines) is 1. The van der Waals surface area contributed by atoms with E-state index >= 15 is 0 Å². The first-order chi connectivity index (χ1) is 13.1. The van der Waals surface area contributed by atoms with E-state index in [4.69, 9.17) is 0 Å². The largest absolute Gasteiger partial charge is 0.354 e. The number of nitrogens with zero attached hydrogens (tertiary/aromatic N) is 2. The number of fused-ring (bicyclic) bond motifs is 1. The van der Waals surface area contributed by atoms with Gasteiger partial charge in [0.1, 0.15) is 0 Å². The Morgan fingerprint density at radius 3 is 2.96 bits per heavy atom. The van der Waals surface area contributed by atoms with Gasteiger partial charge in [-0.05, 0) is 62.4 Å². The van der Waals surface area contributed by atoms with Crippen molar-refractivity contribution in [3.8, 4) is 0 Å². The summed E-state index contributed by atoms with van der Waals surface area (Å²) >= 11 is 1.31. The van der Waals surface area contributed by atoms with Crippen LogP contribution in [0.25, 0.3) is 10.2 Å². The van der Waals surface area contributed by atoms with Crippen molar-refractivity contribution in [3.63, 3.8) is 0 Å². The first-order valence-electron chi connectivity index (χ1n) is 9.92. The van der Waals surface area contributed by atoms with Crippen molar-refractivity contribution in [2.24, 2.45) is 13.0 Å². The number of hydrogen-bond donors (Lipinski definition) is 2. The van der Waals surface area contributed by atoms with Gasteiger partial charge in [-0.3, -0.25) is 14.5 Å². The predicted molar refractivity (Wildman–Crippen MR) is 116 cm³/mol. The zero-order valence-electron chi connectivity index (χ0n) is 16.3. The molecule has 2 aliphatic heterocycles. The summed E-state index contributed by atoms with van der Waals surface area (Å²) in [7, 11) is 1.82. The van der Waals surface area contributed by atoms with Crippen LogP contribution in [0.5, 0.6) is 0 Å². The molecule has 1 aromatic carbocycles. The van der Waals surface area contributed by atoms with Gasteiger partial charge in [0.05, 0.1) is 16.3 Å². The van der Waals surface area contributed by atoms with Gasteiger partial charge in [-0.2, -0.15) is 0 Å². The average molecular weight is 425 g/mol. The summed E-state index contributed by atoms with van der Waals surface area (Å²) in [6.45, 7) is 4.74. The van der Waals surface area contributed by atoms with Gasteiger partial charge in [0.25, 0.3) is 0 Å². The number of benzene rings is 1. The smallest absolute Gasteiger partial charge is 0.307 e. The minimum atomic E-state index is 0. The number of rotatable bonds is 5. The number of carbonyl (C=O) groups is 1. The highest BCUT2D eigenvalue weighted by molar-refractivity contribution is 7.16. The maximum absolute atomic E-state index is 12.2. The summed E-state index contributed by atoms with van der Waals surface area (Å²) in [5.41, 5.74) is 2.26. The van der Waals surface area contributed by atoms with Crippen molar-refractivity contribution in [2.75, 3.05) is 26.2 Å². The molecule has 0 aliphatic carbocycles. The van der Waals surface area contributed by atoms with Crippen LogP contribution in [-0.2, 0) is 18.4 Å². The Morgan fingerprint density at radius 1 is 1.32 bits per heavy atom. The third kappa shape index (κ3) is 4.76. The molecule has 2 aliphatic rings. The molecular formula is C20H29ClN4O2S. The van der Waals surface area contributed by atoms with E-state index in [-0.39, 0.29) is 29.2 Å². The molecule has 2 unspecified atom stereocenters. The maximum atomic E-state index is 12.2. The van der Waals surface area contributed by atoms with Gasteiger partial charge >= 0.3 is 4.87 Å². The normalized spacial score (nSPS) is 22.9. The molecule has 28 heavy (non-hydrogen) atoms. The SMILES string of the molecule is Cl.Cn1c(=O)sc2cc(CN3CCCC(CNC(=O)C4CCCN4)C3)ccc21. The van der Waals surface area contributed by atoms with Crippen molar-refractivity contribution >= 4 is 39.9 Å². The van der Waals surface area contributed by atoms with E-state index in [2.05, 4.69) is 33.7 Å². The van der Waals surface area contributed by atoms with E-state index in [1.807, 2.05) is 7.05 Å². The zero-order valence-corrected chi connectivity index (χ0v) is 17.9. The topological polar surface area (TPSA) is 66.4 Å². The fourth-order valence-corrected chi connectivity index (χ4v) is 5.22. The third-order valence-corrected chi connectivity index (χ3v) is 6.80. The fraction of sp³-hybridized carbons (Fsp3) is 0.600. The predicted octanol–water partition coefficient (Wildman–Crippen LogP) is 2.10. The molecule has 2 N–H and O–H groups in total. The first-order valence-corrected chi connectivity index (χ1v) is 10.7. The van der Waals surface area contributed by atoms with Gasteiger partial charge in [0.15, 0.2) is 0 Å². The molecule has 2 saturated heterocycles. The minimum absolute atomic E-state index is 0. The molecule has 6 nitrogen and oxygen atoms in total. The number of piperidine rings is 1. The van der Waals surface area contributed by atoms with Gasteiger partial charge in [-0.1, -0.05) is 17.4 Å². The monoisotopic (exact) mass is 424 g/mol. The Kier molecular flexibility index (Phi) is 7.15. The van der Waals surface area contributed by atoms with Crippen molar-refractivity contribution < 1.29 is 4.79 Å². The van der Waals surface area contributed by atoms with E-state index in [0.717, 1.165) is 55.8 Å². The number of carbonyl (C=O) groups excluding carboxylic acids is 1. The van der Waals surface area contributed by atoms with Crippen molar-refractivity contribution in [3.05, 3.63) is 33.4 Å². The lowest BCUT2D eigenvalue weighted by Gasteiger charge is -2.33. The molecule has 0 bridgehead atoms. The van der Waals surface area contributed by atoms with Crippen LogP contribution in [0.15, 0.2) is 23.0 Å². The van der Waals surface area contributed by atoms with Crippen LogP contribution in [-0.4, -0.2) is 47.6 Å². The van der Waals surface area contributed by atoms with E-state index in [1.54, 1.807) is 4.57 Å². The molecule has 2 aromatic rings. The Balaban J connectivity index is 0.00000225. The lowest BCUT2D eigenvalue weighted by Crippen LogP contribution is -2.45. The lowest BCUT2D eigenvalue weighted by atomic mass is 9.97. The second kappa shape index (κ2) is 9.39. The van der Waals surface area contributed by atoms with Crippen molar-refractivity contribution in [1.82, 2.24) is 20.1 Å². The van der Waals surface area contributed by atoms with Gasteiger partial charge < -0.3 is 15.2 Å². The van der Waals surface area contributed by atoms with Gasteiger partial charge in [-0.15, -0.1) is 12.4 Å². The quantitative estimate of drug-likeness (QED) is 0.771. The van der Waals surface area contributed by atoms with Gasteiger partial charge in [0.2, 0.25) is 5.91 Å². The van der Waals surface area contributed by atoms with Crippen LogP contribution in [0, 0.1) is 5.92 Å². The Labute approximate surface area is 175 Å². The molecule has 2 fully saturated rings. The van der Waals surface area contributed by atoms with Gasteiger partial charge in [0, 0.05) is 26.7 Å². The molecule has 8 heteroatoms. The number of aryl methyl sites for hydroxylation is 1. The van der Waals surface area contributed by atoms with E-state index in [9.17, 15) is 9.59 Å². The van der Waals surface area contributed by atoms with Crippen LogP contribution >= 0.6 is 23.7 Å². The average Bonchev–Trinajstić information content (AvgIpc) is 3.29. The number of halogens is 1. The third-order valence-electron chi connectivity index (χ3n) is 5.81. The van der Waals surface area contributed by atoms with Crippen LogP contribution in [0.4, 0.5) is 0 Å². The summed E-state index contributed by atoms with van der Waals surface area (Å²) in [5.74, 6) is 0.676. The Bertz CT molecular complexity index is 875. The summed E-state index contributed by atoms with van der Waals surface area (Å²) in [6, 6.07) is 6.35. The van der Waals surface area contributed by atoms with E-state index < -0.39 is 0 Å². The summed E-state index contributed by atoms with van der Waals surface area (Å²) in [4.78, 5) is 26.6. The van der Waals surface area contributed by atoms with E-state index in [1.165, 1.54) is 29.7 Å². The van der Waals surface area contributed by atoms with Gasteiger partial charge in [-0.25, -0.2) is 0 Å². The number of amides is 1. The standard InChI is InChI=1S/C20H28N4O2S.ClH/c1-23-17-7-6-14(10-18(17)27-20(23)26)12-24-9-3-4-15(13-24)11-22-19(25)16-5-2-8-21-16;/h6-7,10,15-16,21H,2-5,8-9,11-13H2,1H3,(H,22,25);1H. The highest BCUT2D eigenvalue weighted by atomic mass is 35.5.